The first-order valence-corrected chi connectivity index (χ1v) is 9.84. The Kier molecular flexibility index (Phi) is 6.24. The summed E-state index contributed by atoms with van der Waals surface area (Å²) in [7, 11) is 1.84. The minimum absolute atomic E-state index is 0.0645. The molecule has 0 atom stereocenters. The highest BCUT2D eigenvalue weighted by molar-refractivity contribution is 7.99. The number of rotatable bonds is 6. The van der Waals surface area contributed by atoms with Crippen molar-refractivity contribution in [3.63, 3.8) is 0 Å². The third-order valence-electron chi connectivity index (χ3n) is 4.32. The first-order valence-electron chi connectivity index (χ1n) is 8.85. The summed E-state index contributed by atoms with van der Waals surface area (Å²) in [5.74, 6) is 0.384. The monoisotopic (exact) mass is 377 g/mol. The normalized spacial score (nSPS) is 10.6. The number of hydrogen-bond acceptors (Lipinski definition) is 4. The minimum Gasteiger partial charge on any atom is -0.341 e. The fourth-order valence-electron chi connectivity index (χ4n) is 2.73. The quantitative estimate of drug-likeness (QED) is 0.468. The molecule has 1 heterocycles. The molecular formula is C22H23N3OS. The summed E-state index contributed by atoms with van der Waals surface area (Å²) >= 11 is 1.38. The van der Waals surface area contributed by atoms with Gasteiger partial charge in [-0.1, -0.05) is 66.4 Å². The maximum absolute atomic E-state index is 12.5. The van der Waals surface area contributed by atoms with E-state index in [1.807, 2.05) is 62.5 Å². The van der Waals surface area contributed by atoms with Crippen LogP contribution in [0.15, 0.2) is 65.8 Å². The summed E-state index contributed by atoms with van der Waals surface area (Å²) in [4.78, 5) is 23.4. The molecular weight excluding hydrogens is 354 g/mol. The number of carbonyl (C=O) groups excluding carboxylic acids is 1. The maximum Gasteiger partial charge on any atom is 0.233 e. The van der Waals surface area contributed by atoms with Crippen LogP contribution >= 0.6 is 11.8 Å². The van der Waals surface area contributed by atoms with Crippen molar-refractivity contribution in [1.82, 2.24) is 14.9 Å². The summed E-state index contributed by atoms with van der Waals surface area (Å²) < 4.78 is 0. The molecule has 0 radical (unpaired) electrons. The van der Waals surface area contributed by atoms with E-state index in [4.69, 9.17) is 0 Å². The Labute approximate surface area is 164 Å². The van der Waals surface area contributed by atoms with Crippen LogP contribution < -0.4 is 0 Å². The summed E-state index contributed by atoms with van der Waals surface area (Å²) in [6.45, 7) is 4.62. The second-order valence-corrected chi connectivity index (χ2v) is 7.45. The number of thioether (sulfide) groups is 1. The van der Waals surface area contributed by atoms with Crippen LogP contribution in [0.2, 0.25) is 0 Å². The van der Waals surface area contributed by atoms with Crippen molar-refractivity contribution in [2.75, 3.05) is 12.8 Å². The molecule has 0 saturated heterocycles. The highest BCUT2D eigenvalue weighted by Crippen LogP contribution is 2.22. The zero-order valence-electron chi connectivity index (χ0n) is 15.8. The van der Waals surface area contributed by atoms with Crippen LogP contribution in [0, 0.1) is 13.8 Å². The van der Waals surface area contributed by atoms with E-state index < -0.39 is 0 Å². The molecule has 0 aliphatic rings. The van der Waals surface area contributed by atoms with Gasteiger partial charge in [0, 0.05) is 24.8 Å². The smallest absolute Gasteiger partial charge is 0.233 e. The average molecular weight is 378 g/mol. The molecule has 0 aliphatic carbocycles. The van der Waals surface area contributed by atoms with Crippen molar-refractivity contribution >= 4 is 17.7 Å². The fourth-order valence-corrected chi connectivity index (χ4v) is 3.57. The third kappa shape index (κ3) is 5.17. The molecule has 1 aromatic heterocycles. The molecule has 138 valence electrons. The number of amides is 1. The van der Waals surface area contributed by atoms with Gasteiger partial charge >= 0.3 is 0 Å². The number of benzene rings is 2. The maximum atomic E-state index is 12.5. The number of carbonyl (C=O) groups is 1. The Hall–Kier alpha value is -2.66. The van der Waals surface area contributed by atoms with E-state index in [1.165, 1.54) is 17.3 Å². The minimum atomic E-state index is 0.0645. The average Bonchev–Trinajstić information content (AvgIpc) is 2.68. The summed E-state index contributed by atoms with van der Waals surface area (Å²) in [5.41, 5.74) is 5.18. The van der Waals surface area contributed by atoms with Crippen molar-refractivity contribution in [3.05, 3.63) is 77.5 Å². The van der Waals surface area contributed by atoms with Gasteiger partial charge in [0.2, 0.25) is 5.91 Å². The van der Waals surface area contributed by atoms with E-state index in [-0.39, 0.29) is 5.91 Å². The van der Waals surface area contributed by atoms with E-state index in [9.17, 15) is 4.79 Å². The van der Waals surface area contributed by atoms with E-state index in [0.717, 1.165) is 22.5 Å². The SMILES string of the molecule is Cc1cc(-c2ccccc2)nc(SCC(=O)N(C)Cc2ccccc2C)n1. The van der Waals surface area contributed by atoms with Gasteiger partial charge in [0.25, 0.3) is 0 Å². The van der Waals surface area contributed by atoms with Gasteiger partial charge in [0.15, 0.2) is 5.16 Å². The first kappa shape index (κ1) is 19.1. The largest absolute Gasteiger partial charge is 0.341 e. The lowest BCUT2D eigenvalue weighted by Crippen LogP contribution is -2.28. The van der Waals surface area contributed by atoms with Gasteiger partial charge in [-0.3, -0.25) is 4.79 Å². The predicted molar refractivity (Wildman–Crippen MR) is 111 cm³/mol. The van der Waals surface area contributed by atoms with Gasteiger partial charge in [0.1, 0.15) is 0 Å². The summed E-state index contributed by atoms with van der Waals surface area (Å²) in [6.07, 6.45) is 0. The van der Waals surface area contributed by atoms with Crippen molar-refractivity contribution in [2.45, 2.75) is 25.5 Å². The standard InChI is InChI=1S/C22H23N3OS/c1-16-9-7-8-12-19(16)14-25(3)21(26)15-27-22-23-17(2)13-20(24-22)18-10-5-4-6-11-18/h4-13H,14-15H2,1-3H3. The predicted octanol–water partition coefficient (Wildman–Crippen LogP) is 4.51. The van der Waals surface area contributed by atoms with Gasteiger partial charge in [-0.15, -0.1) is 0 Å². The Morgan fingerprint density at radius 2 is 1.70 bits per heavy atom. The molecule has 5 heteroatoms. The van der Waals surface area contributed by atoms with Crippen molar-refractivity contribution < 1.29 is 4.79 Å². The van der Waals surface area contributed by atoms with Crippen LogP contribution in [-0.2, 0) is 11.3 Å². The molecule has 0 saturated carbocycles. The van der Waals surface area contributed by atoms with E-state index in [0.29, 0.717) is 17.5 Å². The number of hydrogen-bond donors (Lipinski definition) is 0. The fraction of sp³-hybridized carbons (Fsp3) is 0.227. The molecule has 4 nitrogen and oxygen atoms in total. The highest BCUT2D eigenvalue weighted by Gasteiger charge is 2.13. The molecule has 3 rings (SSSR count). The Morgan fingerprint density at radius 1 is 1.00 bits per heavy atom. The molecule has 3 aromatic rings. The molecule has 0 unspecified atom stereocenters. The molecule has 0 spiro atoms. The summed E-state index contributed by atoms with van der Waals surface area (Å²) in [6, 6.07) is 20.1. The van der Waals surface area contributed by atoms with Crippen LogP contribution in [0.4, 0.5) is 0 Å². The first-order chi connectivity index (χ1) is 13.0. The van der Waals surface area contributed by atoms with Crippen LogP contribution in [0.5, 0.6) is 0 Å². The molecule has 0 aliphatic heterocycles. The lowest BCUT2D eigenvalue weighted by atomic mass is 10.1. The summed E-state index contributed by atoms with van der Waals surface area (Å²) in [5, 5.41) is 0.631. The van der Waals surface area contributed by atoms with Crippen LogP contribution in [0.3, 0.4) is 0 Å². The zero-order valence-corrected chi connectivity index (χ0v) is 16.7. The molecule has 2 aromatic carbocycles. The second-order valence-electron chi connectivity index (χ2n) is 6.51. The third-order valence-corrected chi connectivity index (χ3v) is 5.15. The topological polar surface area (TPSA) is 46.1 Å². The number of aromatic nitrogens is 2. The highest BCUT2D eigenvalue weighted by atomic mass is 32.2. The molecule has 1 amide bonds. The van der Waals surface area contributed by atoms with Crippen LogP contribution in [0.1, 0.15) is 16.8 Å². The van der Waals surface area contributed by atoms with Crippen molar-refractivity contribution in [3.8, 4) is 11.3 Å². The lowest BCUT2D eigenvalue weighted by Gasteiger charge is -2.18. The van der Waals surface area contributed by atoms with Gasteiger partial charge in [-0.25, -0.2) is 9.97 Å². The second kappa shape index (κ2) is 8.82. The number of aryl methyl sites for hydroxylation is 2. The zero-order chi connectivity index (χ0) is 19.2. The van der Waals surface area contributed by atoms with Gasteiger partial charge < -0.3 is 4.90 Å². The van der Waals surface area contributed by atoms with Gasteiger partial charge in [-0.05, 0) is 31.0 Å². The van der Waals surface area contributed by atoms with Crippen LogP contribution in [-0.4, -0.2) is 33.6 Å². The Morgan fingerprint density at radius 3 is 2.44 bits per heavy atom. The molecule has 0 fully saturated rings. The van der Waals surface area contributed by atoms with Gasteiger partial charge in [-0.2, -0.15) is 0 Å². The Balaban J connectivity index is 1.65. The Bertz CT molecular complexity index is 928. The lowest BCUT2D eigenvalue weighted by molar-refractivity contribution is -0.127. The van der Waals surface area contributed by atoms with E-state index in [2.05, 4.69) is 29.0 Å². The molecule has 0 bridgehead atoms. The van der Waals surface area contributed by atoms with Gasteiger partial charge in [0.05, 0.1) is 11.4 Å². The van der Waals surface area contributed by atoms with E-state index >= 15 is 0 Å². The number of nitrogens with zero attached hydrogens (tertiary/aromatic N) is 3. The molecule has 0 N–H and O–H groups in total. The van der Waals surface area contributed by atoms with Crippen molar-refractivity contribution in [2.24, 2.45) is 0 Å². The van der Waals surface area contributed by atoms with Crippen molar-refractivity contribution in [1.29, 1.82) is 0 Å². The van der Waals surface area contributed by atoms with Crippen LogP contribution in [0.25, 0.3) is 11.3 Å². The molecule has 27 heavy (non-hydrogen) atoms. The van der Waals surface area contributed by atoms with E-state index in [1.54, 1.807) is 4.90 Å².